The minimum Gasteiger partial charge on any atom is -0.377 e. The molecule has 2 atom stereocenters. The van der Waals surface area contributed by atoms with Crippen LogP contribution >= 0.6 is 0 Å². The minimum absolute atomic E-state index is 0.108. The molecular weight excluding hydrogens is 268 g/mol. The molecule has 1 aliphatic heterocycles. The molecule has 120 valence electrons. The zero-order valence-electron chi connectivity index (χ0n) is 14.0. The van der Waals surface area contributed by atoms with Gasteiger partial charge in [0.1, 0.15) is 18.0 Å². The number of hydrogen-bond donors (Lipinski definition) is 1. The van der Waals surface area contributed by atoms with Crippen LogP contribution in [0.4, 0.5) is 5.82 Å². The van der Waals surface area contributed by atoms with Gasteiger partial charge in [-0.2, -0.15) is 5.10 Å². The van der Waals surface area contributed by atoms with E-state index in [2.05, 4.69) is 36.1 Å². The molecule has 0 aromatic carbocycles. The monoisotopic (exact) mass is 296 g/mol. The fraction of sp³-hybridized carbons (Fsp3) is 0.800. The highest BCUT2D eigenvalue weighted by molar-refractivity contribution is 5.51. The fourth-order valence-corrected chi connectivity index (χ4v) is 2.97. The van der Waals surface area contributed by atoms with Crippen LogP contribution in [0, 0.1) is 6.92 Å². The summed E-state index contributed by atoms with van der Waals surface area (Å²) in [7, 11) is 5.50. The van der Waals surface area contributed by atoms with Crippen LogP contribution in [0.1, 0.15) is 25.1 Å². The van der Waals surface area contributed by atoms with Crippen molar-refractivity contribution < 1.29 is 9.47 Å². The maximum atomic E-state index is 5.54. The molecule has 1 fully saturated rings. The predicted octanol–water partition coefficient (Wildman–Crippen LogP) is 1.08. The Bertz CT molecular complexity index is 460. The summed E-state index contributed by atoms with van der Waals surface area (Å²) >= 11 is 0. The van der Waals surface area contributed by atoms with Gasteiger partial charge in [-0.25, -0.2) is 0 Å². The van der Waals surface area contributed by atoms with Crippen molar-refractivity contribution in [2.24, 2.45) is 7.05 Å². The van der Waals surface area contributed by atoms with E-state index in [0.29, 0.717) is 6.04 Å². The average molecular weight is 296 g/mol. The molecule has 2 heterocycles. The van der Waals surface area contributed by atoms with Crippen molar-refractivity contribution in [3.63, 3.8) is 0 Å². The third-order valence-electron chi connectivity index (χ3n) is 4.12. The van der Waals surface area contributed by atoms with Gasteiger partial charge in [0.2, 0.25) is 0 Å². The van der Waals surface area contributed by atoms with Crippen LogP contribution < -0.4 is 10.2 Å². The van der Waals surface area contributed by atoms with Crippen molar-refractivity contribution in [1.29, 1.82) is 0 Å². The van der Waals surface area contributed by atoms with Gasteiger partial charge in [0.05, 0.1) is 5.69 Å². The van der Waals surface area contributed by atoms with Crippen molar-refractivity contribution in [3.05, 3.63) is 11.3 Å². The van der Waals surface area contributed by atoms with E-state index >= 15 is 0 Å². The first-order chi connectivity index (χ1) is 9.97. The summed E-state index contributed by atoms with van der Waals surface area (Å²) in [5.74, 6) is 1.17. The summed E-state index contributed by atoms with van der Waals surface area (Å²) in [4.78, 5) is 2.32. The molecule has 0 saturated carbocycles. The van der Waals surface area contributed by atoms with Gasteiger partial charge < -0.3 is 19.7 Å². The van der Waals surface area contributed by atoms with Gasteiger partial charge in [-0.1, -0.05) is 13.8 Å². The fourth-order valence-electron chi connectivity index (χ4n) is 2.97. The molecule has 2 rings (SSSR count). The summed E-state index contributed by atoms with van der Waals surface area (Å²) in [6, 6.07) is 0.453. The molecule has 21 heavy (non-hydrogen) atoms. The van der Waals surface area contributed by atoms with Crippen LogP contribution in [-0.4, -0.2) is 55.3 Å². The smallest absolute Gasteiger partial charge is 0.131 e. The standard InChI is InChI=1S/C15H28N4O2/c1-10(2)16-7-12-11(3)17-18(4)15(12)19-8-13(20-5)14(9-19)21-6/h10,13-14,16H,7-9H2,1-6H3. The molecule has 6 heteroatoms. The maximum absolute atomic E-state index is 5.54. The number of methoxy groups -OCH3 is 2. The molecular formula is C15H28N4O2. The van der Waals surface area contributed by atoms with E-state index in [4.69, 9.17) is 9.47 Å². The van der Waals surface area contributed by atoms with E-state index in [1.807, 2.05) is 11.7 Å². The minimum atomic E-state index is 0.108. The van der Waals surface area contributed by atoms with Gasteiger partial charge in [-0.15, -0.1) is 0 Å². The van der Waals surface area contributed by atoms with Gasteiger partial charge >= 0.3 is 0 Å². The number of hydrogen-bond acceptors (Lipinski definition) is 5. The topological polar surface area (TPSA) is 51.5 Å². The lowest BCUT2D eigenvalue weighted by molar-refractivity contribution is -0.00461. The maximum Gasteiger partial charge on any atom is 0.131 e. The Hall–Kier alpha value is -1.11. The number of rotatable bonds is 6. The largest absolute Gasteiger partial charge is 0.377 e. The second kappa shape index (κ2) is 6.77. The molecule has 0 spiro atoms. The van der Waals surface area contributed by atoms with Crippen molar-refractivity contribution in [3.8, 4) is 0 Å². The first-order valence-electron chi connectivity index (χ1n) is 7.54. The Morgan fingerprint density at radius 2 is 1.81 bits per heavy atom. The third-order valence-corrected chi connectivity index (χ3v) is 4.12. The van der Waals surface area contributed by atoms with Gasteiger partial charge in [-0.05, 0) is 6.92 Å². The Kier molecular flexibility index (Phi) is 5.24. The molecule has 0 amide bonds. The van der Waals surface area contributed by atoms with Gasteiger partial charge in [-0.3, -0.25) is 4.68 Å². The predicted molar refractivity (Wildman–Crippen MR) is 83.7 cm³/mol. The number of aromatic nitrogens is 2. The summed E-state index contributed by atoms with van der Waals surface area (Å²) in [5, 5.41) is 8.08. The van der Waals surface area contributed by atoms with Crippen molar-refractivity contribution >= 4 is 5.82 Å². The molecule has 1 N–H and O–H groups in total. The van der Waals surface area contributed by atoms with Crippen LogP contribution in [0.15, 0.2) is 0 Å². The summed E-state index contributed by atoms with van der Waals surface area (Å²) in [6.07, 6.45) is 0.215. The van der Waals surface area contributed by atoms with Gasteiger partial charge in [0, 0.05) is 52.5 Å². The number of aryl methyl sites for hydroxylation is 2. The highest BCUT2D eigenvalue weighted by Gasteiger charge is 2.35. The van der Waals surface area contributed by atoms with Gasteiger partial charge in [0.15, 0.2) is 0 Å². The molecule has 1 saturated heterocycles. The lowest BCUT2D eigenvalue weighted by Crippen LogP contribution is -2.27. The molecule has 2 unspecified atom stereocenters. The molecule has 1 aromatic rings. The molecule has 0 aliphatic carbocycles. The van der Waals surface area contributed by atoms with Crippen LogP contribution in [-0.2, 0) is 23.1 Å². The van der Waals surface area contributed by atoms with E-state index in [-0.39, 0.29) is 12.2 Å². The lowest BCUT2D eigenvalue weighted by atomic mass is 10.2. The van der Waals surface area contributed by atoms with Crippen molar-refractivity contribution in [2.45, 2.75) is 45.6 Å². The molecule has 0 bridgehead atoms. The Morgan fingerprint density at radius 1 is 1.24 bits per heavy atom. The average Bonchev–Trinajstić information content (AvgIpc) is 2.96. The molecule has 1 aromatic heterocycles. The first-order valence-corrected chi connectivity index (χ1v) is 7.54. The van der Waals surface area contributed by atoms with Gasteiger partial charge in [0.25, 0.3) is 0 Å². The molecule has 0 radical (unpaired) electrons. The highest BCUT2D eigenvalue weighted by Crippen LogP contribution is 2.28. The van der Waals surface area contributed by atoms with E-state index in [1.165, 1.54) is 11.4 Å². The lowest BCUT2D eigenvalue weighted by Gasteiger charge is -2.21. The van der Waals surface area contributed by atoms with Crippen molar-refractivity contribution in [1.82, 2.24) is 15.1 Å². The Balaban J connectivity index is 2.23. The first kappa shape index (κ1) is 16.3. The molecule has 6 nitrogen and oxygen atoms in total. The van der Waals surface area contributed by atoms with E-state index in [0.717, 1.165) is 25.3 Å². The number of nitrogens with one attached hydrogen (secondary N) is 1. The Morgan fingerprint density at radius 3 is 2.29 bits per heavy atom. The van der Waals surface area contributed by atoms with Crippen LogP contribution in [0.3, 0.4) is 0 Å². The number of ether oxygens (including phenoxy) is 2. The van der Waals surface area contributed by atoms with Crippen molar-refractivity contribution in [2.75, 3.05) is 32.2 Å². The summed E-state index contributed by atoms with van der Waals surface area (Å²) in [5.41, 5.74) is 2.34. The highest BCUT2D eigenvalue weighted by atomic mass is 16.5. The SMILES string of the molecule is COC1CN(c2c(CNC(C)C)c(C)nn2C)CC1OC. The van der Waals surface area contributed by atoms with Crippen LogP contribution in [0.25, 0.3) is 0 Å². The zero-order chi connectivity index (χ0) is 15.6. The summed E-state index contributed by atoms with van der Waals surface area (Å²) in [6.45, 7) is 8.88. The number of anilines is 1. The van der Waals surface area contributed by atoms with E-state index in [9.17, 15) is 0 Å². The second-order valence-electron chi connectivity index (χ2n) is 6.00. The van der Waals surface area contributed by atoms with E-state index in [1.54, 1.807) is 14.2 Å². The molecule has 1 aliphatic rings. The second-order valence-corrected chi connectivity index (χ2v) is 6.00. The van der Waals surface area contributed by atoms with E-state index < -0.39 is 0 Å². The number of nitrogens with zero attached hydrogens (tertiary/aromatic N) is 3. The van der Waals surface area contributed by atoms with Crippen LogP contribution in [0.2, 0.25) is 0 Å². The normalized spacial score (nSPS) is 22.5. The Labute approximate surface area is 127 Å². The zero-order valence-corrected chi connectivity index (χ0v) is 14.0. The summed E-state index contributed by atoms with van der Waals surface area (Å²) < 4.78 is 13.0. The quantitative estimate of drug-likeness (QED) is 0.851. The van der Waals surface area contributed by atoms with Crippen LogP contribution in [0.5, 0.6) is 0 Å². The third kappa shape index (κ3) is 3.39.